The van der Waals surface area contributed by atoms with Gasteiger partial charge in [0, 0.05) is 17.4 Å². The molecule has 1 N–H and O–H groups in total. The zero-order valence-electron chi connectivity index (χ0n) is 18.0. The number of anilines is 1. The van der Waals surface area contributed by atoms with Gasteiger partial charge >= 0.3 is 0 Å². The first kappa shape index (κ1) is 21.0. The minimum atomic E-state index is -0.144. The van der Waals surface area contributed by atoms with Crippen LogP contribution in [0.15, 0.2) is 72.1 Å². The van der Waals surface area contributed by atoms with Crippen LogP contribution >= 0.6 is 11.3 Å². The van der Waals surface area contributed by atoms with Crippen LogP contribution in [0, 0.1) is 0 Å². The van der Waals surface area contributed by atoms with E-state index in [1.807, 2.05) is 60.0 Å². The molecule has 0 aliphatic rings. The zero-order chi connectivity index (χ0) is 22.6. The smallest absolute Gasteiger partial charge is 0.250 e. The van der Waals surface area contributed by atoms with Crippen molar-refractivity contribution in [1.82, 2.24) is 14.6 Å². The van der Waals surface area contributed by atoms with E-state index >= 15 is 0 Å². The normalized spacial score (nSPS) is 11.1. The molecule has 166 valence electrons. The highest BCUT2D eigenvalue weighted by Gasteiger charge is 2.15. The van der Waals surface area contributed by atoms with Crippen LogP contribution in [-0.4, -0.2) is 34.2 Å². The van der Waals surface area contributed by atoms with E-state index in [4.69, 9.17) is 9.47 Å². The second-order valence-electron chi connectivity index (χ2n) is 7.46. The molecule has 0 aliphatic heterocycles. The summed E-state index contributed by atoms with van der Waals surface area (Å²) in [6.07, 6.45) is 0.910. The number of benzene rings is 3. The maximum atomic E-state index is 12.4. The van der Waals surface area contributed by atoms with Gasteiger partial charge in [-0.3, -0.25) is 10.1 Å². The fraction of sp³-hybridized carbons (Fsp3) is 0.160. The Morgan fingerprint density at radius 3 is 2.76 bits per heavy atom. The van der Waals surface area contributed by atoms with Crippen LogP contribution in [0.25, 0.3) is 27.0 Å². The van der Waals surface area contributed by atoms with Crippen molar-refractivity contribution in [3.8, 4) is 22.8 Å². The molecular weight excluding hydrogens is 436 g/mol. The molecule has 1 amide bonds. The highest BCUT2D eigenvalue weighted by molar-refractivity contribution is 7.15. The molecule has 0 spiro atoms. The van der Waals surface area contributed by atoms with Crippen LogP contribution in [0.3, 0.4) is 0 Å². The van der Waals surface area contributed by atoms with E-state index in [0.717, 1.165) is 28.1 Å². The number of hydrogen-bond acceptors (Lipinski definition) is 6. The Hall–Kier alpha value is -3.91. The Kier molecular flexibility index (Phi) is 5.91. The highest BCUT2D eigenvalue weighted by atomic mass is 32.1. The monoisotopic (exact) mass is 458 g/mol. The lowest BCUT2D eigenvalue weighted by Gasteiger charge is -2.07. The van der Waals surface area contributed by atoms with Gasteiger partial charge in [-0.25, -0.2) is 4.52 Å². The number of amides is 1. The minimum Gasteiger partial charge on any atom is -0.496 e. The molecule has 0 fully saturated rings. The van der Waals surface area contributed by atoms with Gasteiger partial charge in [-0.15, -0.1) is 16.4 Å². The van der Waals surface area contributed by atoms with E-state index < -0.39 is 0 Å². The van der Waals surface area contributed by atoms with Crippen molar-refractivity contribution in [2.75, 3.05) is 19.0 Å². The number of carbonyl (C=O) groups excluding carboxylic acids is 1. The van der Waals surface area contributed by atoms with Crippen molar-refractivity contribution >= 4 is 38.9 Å². The van der Waals surface area contributed by atoms with Crippen LogP contribution in [0.1, 0.15) is 12.8 Å². The summed E-state index contributed by atoms with van der Waals surface area (Å²) in [5.74, 6) is 1.70. The molecule has 0 atom stereocenters. The Morgan fingerprint density at radius 2 is 1.88 bits per heavy atom. The number of methoxy groups -OCH3 is 1. The van der Waals surface area contributed by atoms with Gasteiger partial charge in [0.25, 0.3) is 0 Å². The number of ether oxygens (including phenoxy) is 2. The number of nitrogens with one attached hydrogen (secondary N) is 1. The molecule has 5 rings (SSSR count). The first-order valence-corrected chi connectivity index (χ1v) is 11.5. The molecule has 0 aliphatic carbocycles. The summed E-state index contributed by atoms with van der Waals surface area (Å²) in [4.78, 5) is 17.5. The van der Waals surface area contributed by atoms with E-state index in [1.54, 1.807) is 11.6 Å². The molecular formula is C25H22N4O3S. The summed E-state index contributed by atoms with van der Waals surface area (Å²) in [6, 6.07) is 21.9. The largest absolute Gasteiger partial charge is 0.496 e. The molecule has 0 radical (unpaired) electrons. The number of para-hydroxylation sites is 1. The van der Waals surface area contributed by atoms with E-state index in [2.05, 4.69) is 27.5 Å². The molecule has 2 aromatic heterocycles. The van der Waals surface area contributed by atoms with Gasteiger partial charge in [0.15, 0.2) is 0 Å². The fourth-order valence-electron chi connectivity index (χ4n) is 3.64. The number of rotatable bonds is 8. The SMILES string of the molecule is COc1ccccc1-c1csc2nc(NC(=O)CCCOc3ccc4ccccc4c3)nn12. The zero-order valence-corrected chi connectivity index (χ0v) is 18.8. The lowest BCUT2D eigenvalue weighted by Crippen LogP contribution is -2.14. The number of hydrogen-bond donors (Lipinski definition) is 1. The molecule has 0 saturated carbocycles. The predicted octanol–water partition coefficient (Wildman–Crippen LogP) is 5.42. The first-order chi connectivity index (χ1) is 16.2. The van der Waals surface area contributed by atoms with Crippen molar-refractivity contribution < 1.29 is 14.3 Å². The molecule has 33 heavy (non-hydrogen) atoms. The van der Waals surface area contributed by atoms with Gasteiger partial charge < -0.3 is 9.47 Å². The topological polar surface area (TPSA) is 77.8 Å². The summed E-state index contributed by atoms with van der Waals surface area (Å²) in [6.45, 7) is 0.454. The molecule has 7 nitrogen and oxygen atoms in total. The molecule has 0 unspecified atom stereocenters. The second-order valence-corrected chi connectivity index (χ2v) is 8.30. The summed E-state index contributed by atoms with van der Waals surface area (Å²) in [5, 5.41) is 11.5. The Morgan fingerprint density at radius 1 is 1.06 bits per heavy atom. The van der Waals surface area contributed by atoms with Gasteiger partial charge in [0.05, 0.1) is 19.4 Å². The summed E-state index contributed by atoms with van der Waals surface area (Å²) < 4.78 is 13.0. The summed E-state index contributed by atoms with van der Waals surface area (Å²) in [5.41, 5.74) is 1.78. The van der Waals surface area contributed by atoms with Crippen molar-refractivity contribution in [3.05, 3.63) is 72.1 Å². The van der Waals surface area contributed by atoms with Crippen molar-refractivity contribution in [2.24, 2.45) is 0 Å². The Bertz CT molecular complexity index is 1430. The first-order valence-electron chi connectivity index (χ1n) is 10.6. The molecule has 8 heteroatoms. The van der Waals surface area contributed by atoms with Crippen LogP contribution in [0.2, 0.25) is 0 Å². The number of fused-ring (bicyclic) bond motifs is 2. The maximum Gasteiger partial charge on any atom is 0.250 e. The predicted molar refractivity (Wildman–Crippen MR) is 130 cm³/mol. The standard InChI is InChI=1S/C25H22N4O3S/c1-31-22-10-5-4-9-20(22)21-16-33-25-27-24(28-29(21)25)26-23(30)11-6-14-32-19-13-12-17-7-2-3-8-18(17)15-19/h2-5,7-10,12-13,15-16H,6,11,14H2,1H3,(H,26,28,30). The lowest BCUT2D eigenvalue weighted by atomic mass is 10.1. The molecule has 0 bridgehead atoms. The van der Waals surface area contributed by atoms with E-state index in [1.165, 1.54) is 16.7 Å². The number of aromatic nitrogens is 3. The third kappa shape index (κ3) is 4.51. The number of thiazole rings is 1. The van der Waals surface area contributed by atoms with Gasteiger partial charge in [-0.2, -0.15) is 4.98 Å². The average Bonchev–Trinajstić information content (AvgIpc) is 3.42. The summed E-state index contributed by atoms with van der Waals surface area (Å²) in [7, 11) is 1.64. The summed E-state index contributed by atoms with van der Waals surface area (Å²) >= 11 is 1.46. The molecule has 3 aromatic carbocycles. The van der Waals surface area contributed by atoms with Gasteiger partial charge in [-0.05, 0) is 41.5 Å². The van der Waals surface area contributed by atoms with E-state index in [-0.39, 0.29) is 5.91 Å². The lowest BCUT2D eigenvalue weighted by molar-refractivity contribution is -0.116. The number of carbonyl (C=O) groups is 1. The fourth-order valence-corrected chi connectivity index (χ4v) is 4.47. The van der Waals surface area contributed by atoms with Crippen molar-refractivity contribution in [1.29, 1.82) is 0 Å². The van der Waals surface area contributed by atoms with E-state index in [9.17, 15) is 4.79 Å². The van der Waals surface area contributed by atoms with Crippen LogP contribution in [0.4, 0.5) is 5.95 Å². The third-order valence-electron chi connectivity index (χ3n) is 5.25. The second kappa shape index (κ2) is 9.30. The van der Waals surface area contributed by atoms with E-state index in [0.29, 0.717) is 30.4 Å². The quantitative estimate of drug-likeness (QED) is 0.314. The number of nitrogens with zero attached hydrogens (tertiary/aromatic N) is 3. The molecule has 5 aromatic rings. The van der Waals surface area contributed by atoms with Gasteiger partial charge in [-0.1, -0.05) is 42.5 Å². The van der Waals surface area contributed by atoms with Crippen molar-refractivity contribution in [2.45, 2.75) is 12.8 Å². The van der Waals surface area contributed by atoms with Crippen molar-refractivity contribution in [3.63, 3.8) is 0 Å². The van der Waals surface area contributed by atoms with Gasteiger partial charge in [0.1, 0.15) is 11.5 Å². The molecule has 0 saturated heterocycles. The third-order valence-corrected chi connectivity index (χ3v) is 6.07. The Balaban J connectivity index is 1.18. The maximum absolute atomic E-state index is 12.4. The average molecular weight is 459 g/mol. The highest BCUT2D eigenvalue weighted by Crippen LogP contribution is 2.32. The minimum absolute atomic E-state index is 0.144. The van der Waals surface area contributed by atoms with Gasteiger partial charge in [0.2, 0.25) is 16.8 Å². The molecule has 2 heterocycles. The van der Waals surface area contributed by atoms with Crippen LogP contribution < -0.4 is 14.8 Å². The Labute approximate surface area is 194 Å². The van der Waals surface area contributed by atoms with Crippen LogP contribution in [0.5, 0.6) is 11.5 Å². The van der Waals surface area contributed by atoms with Crippen LogP contribution in [-0.2, 0) is 4.79 Å².